The number of aliphatic carboxylic acids is 1. The van der Waals surface area contributed by atoms with Crippen molar-refractivity contribution in [3.05, 3.63) is 28.2 Å². The van der Waals surface area contributed by atoms with Gasteiger partial charge in [-0.25, -0.2) is 0 Å². The summed E-state index contributed by atoms with van der Waals surface area (Å²) in [6, 6.07) is 3.72. The van der Waals surface area contributed by atoms with Gasteiger partial charge < -0.3 is 15.9 Å². The molecule has 0 radical (unpaired) electrons. The Hall–Kier alpha value is -1.07. The number of carboxylic acid groups (broad SMARTS) is 1. The third kappa shape index (κ3) is 2.71. The van der Waals surface area contributed by atoms with E-state index in [4.69, 9.17) is 15.9 Å². The summed E-state index contributed by atoms with van der Waals surface area (Å²) in [5, 5.41) is 17.7. The lowest BCUT2D eigenvalue weighted by Crippen LogP contribution is -2.32. The molecule has 0 aliphatic heterocycles. The molecule has 0 saturated carbocycles. The number of hydrogen-bond donors (Lipinski definition) is 3. The van der Waals surface area contributed by atoms with Crippen molar-refractivity contribution in [2.45, 2.75) is 12.5 Å². The Balaban J connectivity index is 2.82. The molecule has 0 heterocycles. The zero-order chi connectivity index (χ0) is 10.7. The Bertz CT molecular complexity index is 354. The zero-order valence-electron chi connectivity index (χ0n) is 7.27. The van der Waals surface area contributed by atoms with E-state index in [9.17, 15) is 4.79 Å². The monoisotopic (exact) mass is 259 g/mol. The fourth-order valence-electron chi connectivity index (χ4n) is 1.03. The average molecular weight is 260 g/mol. The molecule has 1 atom stereocenters. The number of halogens is 1. The molecule has 1 rings (SSSR count). The van der Waals surface area contributed by atoms with Crippen LogP contribution in [0, 0.1) is 0 Å². The highest BCUT2D eigenvalue weighted by molar-refractivity contribution is 9.10. The Morgan fingerprint density at radius 2 is 2.21 bits per heavy atom. The first kappa shape index (κ1) is 11.0. The molecule has 4 nitrogen and oxygen atoms in total. The highest BCUT2D eigenvalue weighted by Crippen LogP contribution is 2.22. The molecular weight excluding hydrogens is 250 g/mol. The quantitative estimate of drug-likeness (QED) is 0.760. The van der Waals surface area contributed by atoms with Crippen molar-refractivity contribution in [3.8, 4) is 5.75 Å². The first-order valence-electron chi connectivity index (χ1n) is 3.96. The number of benzene rings is 1. The van der Waals surface area contributed by atoms with Gasteiger partial charge in [-0.3, -0.25) is 4.79 Å². The van der Waals surface area contributed by atoms with Crippen LogP contribution in [0.5, 0.6) is 5.75 Å². The molecule has 1 aromatic rings. The van der Waals surface area contributed by atoms with Crippen molar-refractivity contribution in [1.29, 1.82) is 0 Å². The van der Waals surface area contributed by atoms with Gasteiger partial charge in [-0.15, -0.1) is 0 Å². The van der Waals surface area contributed by atoms with Gasteiger partial charge in [0.1, 0.15) is 11.8 Å². The van der Waals surface area contributed by atoms with Gasteiger partial charge >= 0.3 is 5.97 Å². The molecule has 4 N–H and O–H groups in total. The molecule has 0 spiro atoms. The maximum absolute atomic E-state index is 10.5. The van der Waals surface area contributed by atoms with Crippen LogP contribution in [0.1, 0.15) is 5.56 Å². The van der Waals surface area contributed by atoms with Crippen molar-refractivity contribution in [2.75, 3.05) is 0 Å². The second-order valence-corrected chi connectivity index (χ2v) is 3.78. The standard InChI is InChI=1S/C9H10BrNO3/c10-7-4-6(12)2-1-5(7)3-8(11)9(13)14/h1-2,4,8,12H,3,11H2,(H,13,14)/t8-/m0/s1. The topological polar surface area (TPSA) is 83.5 Å². The van der Waals surface area contributed by atoms with Crippen molar-refractivity contribution in [3.63, 3.8) is 0 Å². The summed E-state index contributed by atoms with van der Waals surface area (Å²) in [6.45, 7) is 0. The summed E-state index contributed by atoms with van der Waals surface area (Å²) in [6.07, 6.45) is 0.232. The van der Waals surface area contributed by atoms with Crippen molar-refractivity contribution in [2.24, 2.45) is 5.73 Å². The Kier molecular flexibility index (Phi) is 3.49. The summed E-state index contributed by atoms with van der Waals surface area (Å²) < 4.78 is 0.661. The van der Waals surface area contributed by atoms with E-state index in [0.29, 0.717) is 4.47 Å². The molecule has 0 aliphatic carbocycles. The number of carboxylic acids is 1. The molecule has 76 valence electrons. The first-order chi connectivity index (χ1) is 6.50. The van der Waals surface area contributed by atoms with Crippen molar-refractivity contribution < 1.29 is 15.0 Å². The molecule has 0 aromatic heterocycles. The van der Waals surface area contributed by atoms with Gasteiger partial charge in [0.05, 0.1) is 0 Å². The van der Waals surface area contributed by atoms with Gasteiger partial charge in [-0.05, 0) is 24.1 Å². The van der Waals surface area contributed by atoms with Crippen LogP contribution in [0.2, 0.25) is 0 Å². The number of aromatic hydroxyl groups is 1. The molecule has 0 saturated heterocycles. The van der Waals surface area contributed by atoms with E-state index in [0.717, 1.165) is 5.56 Å². The van der Waals surface area contributed by atoms with Gasteiger partial charge in [0, 0.05) is 4.47 Å². The summed E-state index contributed by atoms with van der Waals surface area (Å²) in [7, 11) is 0. The molecule has 5 heteroatoms. The van der Waals surface area contributed by atoms with Crippen LogP contribution in [0.15, 0.2) is 22.7 Å². The fourth-order valence-corrected chi connectivity index (χ4v) is 1.55. The van der Waals surface area contributed by atoms with E-state index in [2.05, 4.69) is 15.9 Å². The Labute approximate surface area is 89.5 Å². The summed E-state index contributed by atoms with van der Waals surface area (Å²) in [4.78, 5) is 10.5. The van der Waals surface area contributed by atoms with E-state index in [1.165, 1.54) is 12.1 Å². The van der Waals surface area contributed by atoms with Crippen LogP contribution in [-0.2, 0) is 11.2 Å². The van der Waals surface area contributed by atoms with E-state index >= 15 is 0 Å². The summed E-state index contributed by atoms with van der Waals surface area (Å²) in [5.74, 6) is -0.908. The molecule has 0 unspecified atom stereocenters. The van der Waals surface area contributed by atoms with Crippen LogP contribution in [0.25, 0.3) is 0 Å². The highest BCUT2D eigenvalue weighted by Gasteiger charge is 2.13. The molecule has 0 fully saturated rings. The second kappa shape index (κ2) is 4.43. The smallest absolute Gasteiger partial charge is 0.320 e. The molecule has 0 amide bonds. The van der Waals surface area contributed by atoms with Gasteiger partial charge in [-0.1, -0.05) is 22.0 Å². The lowest BCUT2D eigenvalue weighted by atomic mass is 10.1. The van der Waals surface area contributed by atoms with Crippen LogP contribution in [0.4, 0.5) is 0 Å². The number of phenols is 1. The SMILES string of the molecule is N[C@@H](Cc1ccc(O)cc1Br)C(=O)O. The van der Waals surface area contributed by atoms with E-state index in [1.54, 1.807) is 6.07 Å². The minimum absolute atomic E-state index is 0.129. The second-order valence-electron chi connectivity index (χ2n) is 2.92. The zero-order valence-corrected chi connectivity index (χ0v) is 8.86. The lowest BCUT2D eigenvalue weighted by molar-refractivity contribution is -0.138. The maximum atomic E-state index is 10.5. The summed E-state index contributed by atoms with van der Waals surface area (Å²) >= 11 is 3.22. The van der Waals surface area contributed by atoms with E-state index in [-0.39, 0.29) is 12.2 Å². The minimum Gasteiger partial charge on any atom is -0.508 e. The van der Waals surface area contributed by atoms with Gasteiger partial charge in [0.2, 0.25) is 0 Å². The van der Waals surface area contributed by atoms with E-state index in [1.807, 2.05) is 0 Å². The Morgan fingerprint density at radius 3 is 2.71 bits per heavy atom. The molecular formula is C9H10BrNO3. The molecule has 0 bridgehead atoms. The van der Waals surface area contributed by atoms with Gasteiger partial charge in [-0.2, -0.15) is 0 Å². The predicted molar refractivity (Wildman–Crippen MR) is 55.1 cm³/mol. The van der Waals surface area contributed by atoms with Crippen LogP contribution < -0.4 is 5.73 Å². The summed E-state index contributed by atoms with van der Waals surface area (Å²) in [5.41, 5.74) is 6.13. The Morgan fingerprint density at radius 1 is 1.57 bits per heavy atom. The number of carbonyl (C=O) groups is 1. The molecule has 1 aromatic carbocycles. The minimum atomic E-state index is -1.04. The highest BCUT2D eigenvalue weighted by atomic mass is 79.9. The van der Waals surface area contributed by atoms with Crippen LogP contribution in [0.3, 0.4) is 0 Å². The van der Waals surface area contributed by atoms with Crippen LogP contribution >= 0.6 is 15.9 Å². The van der Waals surface area contributed by atoms with Gasteiger partial charge in [0.25, 0.3) is 0 Å². The number of hydrogen-bond acceptors (Lipinski definition) is 3. The lowest BCUT2D eigenvalue weighted by Gasteiger charge is -2.08. The normalized spacial score (nSPS) is 12.4. The number of nitrogens with two attached hydrogens (primary N) is 1. The largest absolute Gasteiger partial charge is 0.508 e. The van der Waals surface area contributed by atoms with Crippen molar-refractivity contribution in [1.82, 2.24) is 0 Å². The van der Waals surface area contributed by atoms with Crippen molar-refractivity contribution >= 4 is 21.9 Å². The molecule has 0 aliphatic rings. The third-order valence-corrected chi connectivity index (χ3v) is 2.53. The van der Waals surface area contributed by atoms with Crippen LogP contribution in [-0.4, -0.2) is 22.2 Å². The van der Waals surface area contributed by atoms with E-state index < -0.39 is 12.0 Å². The third-order valence-electron chi connectivity index (χ3n) is 1.79. The van der Waals surface area contributed by atoms with Gasteiger partial charge in [0.15, 0.2) is 0 Å². The number of phenolic OH excluding ortho intramolecular Hbond substituents is 1. The predicted octanol–water partition coefficient (Wildman–Crippen LogP) is 1.11. The first-order valence-corrected chi connectivity index (χ1v) is 4.76. The molecule has 14 heavy (non-hydrogen) atoms. The maximum Gasteiger partial charge on any atom is 0.320 e. The number of rotatable bonds is 3. The fraction of sp³-hybridized carbons (Fsp3) is 0.222. The average Bonchev–Trinajstić information content (AvgIpc) is 2.09.